The predicted octanol–water partition coefficient (Wildman–Crippen LogP) is 18.2. The van der Waals surface area contributed by atoms with Crippen LogP contribution in [-0.4, -0.2) is 15.0 Å². The van der Waals surface area contributed by atoms with Crippen molar-refractivity contribution in [1.82, 2.24) is 15.0 Å². The zero-order chi connectivity index (χ0) is 49.2. The van der Waals surface area contributed by atoms with Crippen molar-refractivity contribution < 1.29 is 20.1 Å². The molecular weight excluding hydrogens is 1090 g/mol. The number of nitrogens with zero attached hydrogens (tertiary/aromatic N) is 3. The van der Waals surface area contributed by atoms with Gasteiger partial charge in [0, 0.05) is 24.2 Å². The van der Waals surface area contributed by atoms with Gasteiger partial charge in [-0.15, -0.1) is 107 Å². The maximum Gasteiger partial charge on any atom is 3.00 e. The van der Waals surface area contributed by atoms with Gasteiger partial charge in [0.25, 0.3) is 0 Å². The van der Waals surface area contributed by atoms with E-state index in [9.17, 15) is 0 Å². The molecule has 0 bridgehead atoms. The van der Waals surface area contributed by atoms with Gasteiger partial charge in [-0.1, -0.05) is 164 Å². The molecule has 0 atom stereocenters. The van der Waals surface area contributed by atoms with Gasteiger partial charge in [-0.2, -0.15) is 0 Å². The van der Waals surface area contributed by atoms with Crippen LogP contribution in [-0.2, 0) is 20.1 Å². The van der Waals surface area contributed by atoms with E-state index in [1.54, 1.807) is 0 Å². The Hall–Kier alpha value is -9.18. The van der Waals surface area contributed by atoms with Gasteiger partial charge in [0.1, 0.15) is 0 Å². The Morgan fingerprint density at radius 1 is 0.280 bits per heavy atom. The van der Waals surface area contributed by atoms with Crippen molar-refractivity contribution in [3.63, 3.8) is 0 Å². The summed E-state index contributed by atoms with van der Waals surface area (Å²) < 4.78 is 0. The molecule has 3 heterocycles. The summed E-state index contributed by atoms with van der Waals surface area (Å²) in [5.74, 6) is 0. The van der Waals surface area contributed by atoms with E-state index in [0.29, 0.717) is 0 Å². The molecule has 10 aromatic carbocycles. The molecule has 0 fully saturated rings. The van der Waals surface area contributed by atoms with Gasteiger partial charge in [0.2, 0.25) is 0 Å². The zero-order valence-electron chi connectivity index (χ0n) is 40.6. The van der Waals surface area contributed by atoms with E-state index in [1.807, 2.05) is 73.1 Å². The van der Waals surface area contributed by atoms with Crippen molar-refractivity contribution in [2.45, 2.75) is 0 Å². The minimum atomic E-state index is 0. The van der Waals surface area contributed by atoms with E-state index < -0.39 is 0 Å². The molecule has 0 unspecified atom stereocenters. The van der Waals surface area contributed by atoms with Gasteiger partial charge >= 0.3 is 20.1 Å². The third-order valence-corrected chi connectivity index (χ3v) is 14.0. The van der Waals surface area contributed by atoms with Crippen LogP contribution in [0.5, 0.6) is 0 Å². The second-order valence-corrected chi connectivity index (χ2v) is 18.4. The molecule has 75 heavy (non-hydrogen) atoms. The Labute approximate surface area is 451 Å². The smallest absolute Gasteiger partial charge is 0.304 e. The van der Waals surface area contributed by atoms with Crippen LogP contribution in [0.15, 0.2) is 267 Å². The molecular formula is C71H44IrN3. The monoisotopic (exact) mass is 1130 g/mol. The van der Waals surface area contributed by atoms with Gasteiger partial charge in [0.05, 0.1) is 0 Å². The van der Waals surface area contributed by atoms with Crippen LogP contribution in [0.2, 0.25) is 0 Å². The van der Waals surface area contributed by atoms with Crippen LogP contribution in [0.4, 0.5) is 0 Å². The van der Waals surface area contributed by atoms with Gasteiger partial charge < -0.3 is 15.0 Å². The summed E-state index contributed by atoms with van der Waals surface area (Å²) in [6.45, 7) is 0. The molecule has 13 aromatic rings. The average Bonchev–Trinajstić information content (AvgIpc) is 3.50. The molecule has 0 radical (unpaired) electrons. The normalized spacial score (nSPS) is 11.1. The van der Waals surface area contributed by atoms with Crippen LogP contribution in [0.1, 0.15) is 0 Å². The molecule has 13 rings (SSSR count). The second kappa shape index (κ2) is 20.7. The number of aromatic nitrogens is 3. The van der Waals surface area contributed by atoms with Crippen molar-refractivity contribution in [2.75, 3.05) is 0 Å². The summed E-state index contributed by atoms with van der Waals surface area (Å²) in [4.78, 5) is 15.2. The summed E-state index contributed by atoms with van der Waals surface area (Å²) in [6, 6.07) is 97.9. The van der Waals surface area contributed by atoms with Crippen LogP contribution in [0, 0.1) is 18.2 Å². The number of fused-ring (bicyclic) bond motifs is 3. The first-order valence-corrected chi connectivity index (χ1v) is 24.9. The fourth-order valence-corrected chi connectivity index (χ4v) is 10.4. The van der Waals surface area contributed by atoms with E-state index in [1.165, 1.54) is 11.1 Å². The standard InChI is InChI=1S/C71H44N3.Ir/c1-4-18-48(19-5-1)49-32-34-53(35-33-49)70-66-39-36-50-20-10-11-30-64(50)71(66)74-47-67(70)65-31-17-16-29-63(65)58-43-56(61-27-14-12-25-59(61)54-37-40-68(72-45-54)51-21-6-2-7-22-51)42-57(44-58)62-28-15-13-26-60(62)55-38-41-69(73-46-55)52-23-8-3-9-24-52;/h1-21,23,25-29,31-47H;/q-3;+3. The molecule has 0 amide bonds. The predicted molar refractivity (Wildman–Crippen MR) is 306 cm³/mol. The molecule has 0 spiro atoms. The fraction of sp³-hybridized carbons (Fsp3) is 0. The number of rotatable bonds is 10. The molecule has 3 nitrogen and oxygen atoms in total. The molecule has 4 heteroatoms. The Morgan fingerprint density at radius 3 is 1.25 bits per heavy atom. The number of hydrogen-bond donors (Lipinski definition) is 0. The Bertz CT molecular complexity index is 3990. The van der Waals surface area contributed by atoms with Crippen LogP contribution in [0.25, 0.3) is 133 Å². The topological polar surface area (TPSA) is 38.7 Å². The summed E-state index contributed by atoms with van der Waals surface area (Å²) in [7, 11) is 0. The minimum Gasteiger partial charge on any atom is -0.304 e. The van der Waals surface area contributed by atoms with Crippen molar-refractivity contribution in [3.8, 4) is 112 Å². The molecule has 0 saturated heterocycles. The van der Waals surface area contributed by atoms with Gasteiger partial charge in [-0.05, 0) is 124 Å². The molecule has 0 aliphatic rings. The maximum absolute atomic E-state index is 5.30. The van der Waals surface area contributed by atoms with Crippen LogP contribution in [0.3, 0.4) is 0 Å². The van der Waals surface area contributed by atoms with E-state index in [0.717, 1.165) is 122 Å². The molecule has 0 N–H and O–H groups in total. The van der Waals surface area contributed by atoms with Crippen LogP contribution < -0.4 is 0 Å². The summed E-state index contributed by atoms with van der Waals surface area (Å²) in [5.41, 5.74) is 22.1. The summed E-state index contributed by atoms with van der Waals surface area (Å²) in [5, 5.41) is 3.19. The fourth-order valence-electron chi connectivity index (χ4n) is 10.4. The van der Waals surface area contributed by atoms with Crippen molar-refractivity contribution in [1.29, 1.82) is 0 Å². The average molecular weight is 1130 g/mol. The van der Waals surface area contributed by atoms with Gasteiger partial charge in [-0.25, -0.2) is 0 Å². The quantitative estimate of drug-likeness (QED) is 0.101. The Morgan fingerprint density at radius 2 is 0.733 bits per heavy atom. The summed E-state index contributed by atoms with van der Waals surface area (Å²) >= 11 is 0. The molecule has 3 aromatic heterocycles. The largest absolute Gasteiger partial charge is 3.00 e. The first kappa shape index (κ1) is 46.9. The molecule has 0 saturated carbocycles. The van der Waals surface area contributed by atoms with E-state index in [2.05, 4.69) is 212 Å². The van der Waals surface area contributed by atoms with Gasteiger partial charge in [-0.3, -0.25) is 0 Å². The number of hydrogen-bond acceptors (Lipinski definition) is 3. The number of benzene rings is 10. The van der Waals surface area contributed by atoms with Crippen molar-refractivity contribution in [3.05, 3.63) is 286 Å². The zero-order valence-corrected chi connectivity index (χ0v) is 43.0. The molecule has 352 valence electrons. The Kier molecular flexibility index (Phi) is 13.0. The second-order valence-electron chi connectivity index (χ2n) is 18.4. The minimum absolute atomic E-state index is 0. The summed E-state index contributed by atoms with van der Waals surface area (Å²) in [6.07, 6.45) is 6.04. The number of pyridine rings is 3. The van der Waals surface area contributed by atoms with E-state index in [-0.39, 0.29) is 20.1 Å². The maximum atomic E-state index is 5.30. The van der Waals surface area contributed by atoms with Crippen LogP contribution >= 0.6 is 0 Å². The Balaban J connectivity index is 0.00000569. The molecule has 0 aliphatic carbocycles. The first-order chi connectivity index (χ1) is 36.7. The third-order valence-electron chi connectivity index (χ3n) is 14.0. The van der Waals surface area contributed by atoms with E-state index >= 15 is 0 Å². The van der Waals surface area contributed by atoms with E-state index in [4.69, 9.17) is 15.0 Å². The van der Waals surface area contributed by atoms with Gasteiger partial charge in [0.15, 0.2) is 0 Å². The SMILES string of the molecule is [Ir+3].[c-]1ccccc1-c1ccc(-c2ccccc2-c2cc(-c3ccccc3-c3ccc(-c4[c-]cccc4)nc3)cc(-c3ccccc3-c3cnc4c(ccc5ccc[c-]c54)c3-c3ccc(-c4ccccc4)cc3)c2)cn1. The first-order valence-electron chi connectivity index (χ1n) is 24.9. The van der Waals surface area contributed by atoms with Crippen molar-refractivity contribution in [2.24, 2.45) is 0 Å². The third kappa shape index (κ3) is 9.19. The molecule has 0 aliphatic heterocycles. The van der Waals surface area contributed by atoms with Crippen molar-refractivity contribution >= 4 is 21.7 Å².